The van der Waals surface area contributed by atoms with Crippen molar-refractivity contribution in [1.82, 2.24) is 4.90 Å². The van der Waals surface area contributed by atoms with Crippen molar-refractivity contribution in [2.45, 2.75) is 6.92 Å². The number of benzene rings is 2. The number of carbonyl (C=O) groups excluding carboxylic acids is 4. The largest absolute Gasteiger partial charge is 0.493 e. The zero-order chi connectivity index (χ0) is 24.1. The second-order valence-electron chi connectivity index (χ2n) is 6.50. The van der Waals surface area contributed by atoms with Gasteiger partial charge in [0.1, 0.15) is 6.54 Å². The average molecular weight is 602 g/mol. The summed E-state index contributed by atoms with van der Waals surface area (Å²) in [5.41, 5.74) is 0.862. The highest BCUT2D eigenvalue weighted by molar-refractivity contribution is 14.1. The minimum atomic E-state index is -0.663. The van der Waals surface area contributed by atoms with Crippen LogP contribution in [0.15, 0.2) is 41.3 Å². The lowest BCUT2D eigenvalue weighted by Crippen LogP contribution is -2.34. The fraction of sp³-hybridized carbons (Fsp3) is 0.182. The van der Waals surface area contributed by atoms with Crippen LogP contribution in [0, 0.1) is 3.57 Å². The minimum absolute atomic E-state index is 0.146. The van der Waals surface area contributed by atoms with E-state index in [0.29, 0.717) is 19.7 Å². The van der Waals surface area contributed by atoms with E-state index in [2.05, 4.69) is 0 Å². The van der Waals surface area contributed by atoms with Crippen LogP contribution in [0.1, 0.15) is 22.8 Å². The van der Waals surface area contributed by atoms with E-state index in [4.69, 9.17) is 25.8 Å². The molecular weight excluding hydrogens is 585 g/mol. The molecule has 11 heteroatoms. The van der Waals surface area contributed by atoms with E-state index in [9.17, 15) is 19.2 Å². The summed E-state index contributed by atoms with van der Waals surface area (Å²) in [5, 5.41) is -0.0655. The third-order valence-electron chi connectivity index (χ3n) is 4.29. The molecule has 33 heavy (non-hydrogen) atoms. The van der Waals surface area contributed by atoms with Gasteiger partial charge in [0.15, 0.2) is 11.5 Å². The molecule has 0 aromatic heterocycles. The van der Waals surface area contributed by atoms with Crippen LogP contribution in [-0.2, 0) is 14.3 Å². The molecule has 0 bridgehead atoms. The van der Waals surface area contributed by atoms with Crippen LogP contribution in [0.2, 0.25) is 5.02 Å². The van der Waals surface area contributed by atoms with Gasteiger partial charge < -0.3 is 14.2 Å². The Bertz CT molecular complexity index is 1150. The SMILES string of the molecule is CCOC(=O)CN1C(=O)S/C(=C\c2cc(I)c(OC(=O)c3ccc(Cl)cc3)c(OC)c2)C1=O. The molecule has 1 aliphatic rings. The third-order valence-corrected chi connectivity index (χ3v) is 6.25. The van der Waals surface area contributed by atoms with Gasteiger partial charge >= 0.3 is 11.9 Å². The monoisotopic (exact) mass is 601 g/mol. The van der Waals surface area contributed by atoms with Crippen molar-refractivity contribution >= 4 is 75.1 Å². The van der Waals surface area contributed by atoms with E-state index in [0.717, 1.165) is 16.7 Å². The van der Waals surface area contributed by atoms with E-state index < -0.39 is 29.6 Å². The fourth-order valence-electron chi connectivity index (χ4n) is 2.78. The van der Waals surface area contributed by atoms with Crippen LogP contribution in [0.4, 0.5) is 4.79 Å². The van der Waals surface area contributed by atoms with E-state index >= 15 is 0 Å². The molecule has 1 heterocycles. The maximum Gasteiger partial charge on any atom is 0.343 e. The van der Waals surface area contributed by atoms with Gasteiger partial charge in [0.25, 0.3) is 11.1 Å². The molecule has 0 saturated carbocycles. The summed E-state index contributed by atoms with van der Waals surface area (Å²) < 4.78 is 16.2. The van der Waals surface area contributed by atoms with Gasteiger partial charge in [-0.1, -0.05) is 11.6 Å². The standard InChI is InChI=1S/C22H17ClINO7S/c1-3-31-18(26)11-25-20(27)17(33-22(25)29)10-12-8-15(24)19(16(9-12)30-2)32-21(28)13-4-6-14(23)7-5-13/h4-10H,3,11H2,1-2H3/b17-10-. The predicted molar refractivity (Wildman–Crippen MR) is 131 cm³/mol. The number of thioether (sulfide) groups is 1. The number of hydrogen-bond acceptors (Lipinski definition) is 8. The van der Waals surface area contributed by atoms with E-state index in [1.807, 2.05) is 22.6 Å². The minimum Gasteiger partial charge on any atom is -0.493 e. The molecule has 0 aliphatic carbocycles. The molecule has 0 unspecified atom stereocenters. The first-order chi connectivity index (χ1) is 15.7. The number of amides is 2. The molecule has 0 radical (unpaired) electrons. The number of hydrogen-bond donors (Lipinski definition) is 0. The number of esters is 2. The van der Waals surface area contributed by atoms with Crippen molar-refractivity contribution in [1.29, 1.82) is 0 Å². The first-order valence-electron chi connectivity index (χ1n) is 9.49. The van der Waals surface area contributed by atoms with E-state index in [-0.39, 0.29) is 23.0 Å². The Balaban J connectivity index is 1.83. The van der Waals surface area contributed by atoms with Crippen molar-refractivity contribution < 1.29 is 33.4 Å². The smallest absolute Gasteiger partial charge is 0.343 e. The zero-order valence-corrected chi connectivity index (χ0v) is 21.2. The number of nitrogens with zero attached hydrogens (tertiary/aromatic N) is 1. The van der Waals surface area contributed by atoms with Gasteiger partial charge in [-0.25, -0.2) is 4.79 Å². The molecular formula is C22H17ClINO7S. The summed E-state index contributed by atoms with van der Waals surface area (Å²) in [4.78, 5) is 49.9. The lowest BCUT2D eigenvalue weighted by atomic mass is 10.1. The molecule has 172 valence electrons. The molecule has 8 nitrogen and oxygen atoms in total. The van der Waals surface area contributed by atoms with Gasteiger partial charge in [-0.2, -0.15) is 0 Å². The summed E-state index contributed by atoms with van der Waals surface area (Å²) >= 11 is 8.55. The van der Waals surface area contributed by atoms with Crippen LogP contribution in [0.3, 0.4) is 0 Å². The number of halogens is 2. The topological polar surface area (TPSA) is 99.2 Å². The lowest BCUT2D eigenvalue weighted by Gasteiger charge is -2.13. The van der Waals surface area contributed by atoms with Gasteiger partial charge in [0.2, 0.25) is 0 Å². The molecule has 0 spiro atoms. The van der Waals surface area contributed by atoms with Crippen LogP contribution >= 0.6 is 46.0 Å². The van der Waals surface area contributed by atoms with Gasteiger partial charge in [0, 0.05) is 5.02 Å². The number of ether oxygens (including phenoxy) is 3. The number of methoxy groups -OCH3 is 1. The summed E-state index contributed by atoms with van der Waals surface area (Å²) in [6, 6.07) is 9.51. The predicted octanol–water partition coefficient (Wildman–Crippen LogP) is 4.77. The molecule has 2 amide bonds. The summed E-state index contributed by atoms with van der Waals surface area (Å²) in [6.45, 7) is 1.34. The second kappa shape index (κ2) is 11.0. The molecule has 0 atom stereocenters. The van der Waals surface area contributed by atoms with Crippen LogP contribution in [-0.4, -0.2) is 48.2 Å². The maximum absolute atomic E-state index is 12.6. The van der Waals surface area contributed by atoms with E-state index in [1.165, 1.54) is 13.2 Å². The van der Waals surface area contributed by atoms with Gasteiger partial charge in [0.05, 0.1) is 27.8 Å². The quantitative estimate of drug-likeness (QED) is 0.194. The van der Waals surface area contributed by atoms with Crippen molar-refractivity contribution in [3.8, 4) is 11.5 Å². The maximum atomic E-state index is 12.6. The zero-order valence-electron chi connectivity index (χ0n) is 17.4. The number of imide groups is 1. The Hall–Kier alpha value is -2.57. The summed E-state index contributed by atoms with van der Waals surface area (Å²) in [7, 11) is 1.42. The van der Waals surface area contributed by atoms with Gasteiger partial charge in [-0.3, -0.25) is 19.3 Å². The molecule has 2 aromatic carbocycles. The molecule has 1 aliphatic heterocycles. The normalized spacial score (nSPS) is 14.5. The van der Waals surface area contributed by atoms with Crippen molar-refractivity contribution in [2.24, 2.45) is 0 Å². The lowest BCUT2D eigenvalue weighted by molar-refractivity contribution is -0.145. The number of carbonyl (C=O) groups is 4. The Morgan fingerprint density at radius 2 is 1.88 bits per heavy atom. The first kappa shape index (κ1) is 25.1. The van der Waals surface area contributed by atoms with Gasteiger partial charge in [-0.15, -0.1) is 0 Å². The Kier molecular flexibility index (Phi) is 8.38. The molecule has 2 aromatic rings. The Morgan fingerprint density at radius 3 is 2.52 bits per heavy atom. The average Bonchev–Trinajstić information content (AvgIpc) is 3.03. The van der Waals surface area contributed by atoms with Gasteiger partial charge in [-0.05, 0) is 89.3 Å². The van der Waals surface area contributed by atoms with Crippen LogP contribution in [0.25, 0.3) is 6.08 Å². The highest BCUT2D eigenvalue weighted by Gasteiger charge is 2.36. The highest BCUT2D eigenvalue weighted by Crippen LogP contribution is 2.37. The highest BCUT2D eigenvalue weighted by atomic mass is 127. The third kappa shape index (κ3) is 6.06. The van der Waals surface area contributed by atoms with Crippen LogP contribution < -0.4 is 9.47 Å². The molecule has 1 fully saturated rings. The Labute approximate surface area is 212 Å². The summed E-state index contributed by atoms with van der Waals surface area (Å²) in [6.07, 6.45) is 1.51. The van der Waals surface area contributed by atoms with Crippen molar-refractivity contribution in [3.05, 3.63) is 61.0 Å². The second-order valence-corrected chi connectivity index (χ2v) is 9.10. The van der Waals surface area contributed by atoms with Crippen molar-refractivity contribution in [3.63, 3.8) is 0 Å². The van der Waals surface area contributed by atoms with Crippen molar-refractivity contribution in [2.75, 3.05) is 20.3 Å². The van der Waals surface area contributed by atoms with E-state index in [1.54, 1.807) is 43.3 Å². The molecule has 3 rings (SSSR count). The molecule has 1 saturated heterocycles. The van der Waals surface area contributed by atoms with Crippen LogP contribution in [0.5, 0.6) is 11.5 Å². The first-order valence-corrected chi connectivity index (χ1v) is 11.8. The Morgan fingerprint density at radius 1 is 1.18 bits per heavy atom. The summed E-state index contributed by atoms with van der Waals surface area (Å²) in [5.74, 6) is -1.36. The number of rotatable bonds is 7. The molecule has 0 N–H and O–H groups in total. The fourth-order valence-corrected chi connectivity index (χ4v) is 4.48.